The summed E-state index contributed by atoms with van der Waals surface area (Å²) in [5.41, 5.74) is 1.19. The van der Waals surface area contributed by atoms with E-state index in [1.165, 1.54) is 24.3 Å². The Kier molecular flexibility index (Phi) is 16.5. The van der Waals surface area contributed by atoms with Crippen LogP contribution in [0.1, 0.15) is 52.8 Å². The van der Waals surface area contributed by atoms with Gasteiger partial charge in [0.1, 0.15) is 25.1 Å². The summed E-state index contributed by atoms with van der Waals surface area (Å²) in [6, 6.07) is 12.4. The molecule has 358 valence electrons. The summed E-state index contributed by atoms with van der Waals surface area (Å²) in [5, 5.41) is 30.3. The third-order valence-corrected chi connectivity index (χ3v) is 13.8. The molecule has 2 N–H and O–H groups in total. The van der Waals surface area contributed by atoms with Crippen molar-refractivity contribution in [2.75, 3.05) is 38.1 Å². The Hall–Kier alpha value is -6.89. The number of carbonyl (C=O) groups excluding carboxylic acids is 4. The van der Waals surface area contributed by atoms with E-state index in [4.69, 9.17) is 18.9 Å². The van der Waals surface area contributed by atoms with Crippen molar-refractivity contribution in [3.63, 3.8) is 0 Å². The van der Waals surface area contributed by atoms with Crippen molar-refractivity contribution in [2.24, 2.45) is 0 Å². The first-order valence-corrected chi connectivity index (χ1v) is 29.0. The van der Waals surface area contributed by atoms with Gasteiger partial charge in [-0.15, -0.1) is 20.4 Å². The molecule has 6 rings (SSSR count). The number of rotatable bonds is 21. The van der Waals surface area contributed by atoms with Crippen LogP contribution in [0.25, 0.3) is 22.5 Å². The van der Waals surface area contributed by atoms with E-state index in [9.17, 15) is 19.2 Å². The van der Waals surface area contributed by atoms with Crippen LogP contribution in [0.3, 0.4) is 0 Å². The van der Waals surface area contributed by atoms with Gasteiger partial charge in [-0.1, -0.05) is 39.3 Å². The maximum atomic E-state index is 15.6. The number of anilines is 2. The predicted molar refractivity (Wildman–Crippen MR) is 254 cm³/mol. The Morgan fingerprint density at radius 3 is 1.32 bits per heavy atom. The van der Waals surface area contributed by atoms with Gasteiger partial charge >= 0.3 is 11.9 Å². The van der Waals surface area contributed by atoms with Gasteiger partial charge in [0.2, 0.25) is 0 Å². The first kappa shape index (κ1) is 50.5. The van der Waals surface area contributed by atoms with Gasteiger partial charge in [0.15, 0.2) is 11.4 Å². The lowest BCUT2D eigenvalue weighted by molar-refractivity contribution is 0.0592. The fourth-order valence-corrected chi connectivity index (χ4v) is 7.96. The van der Waals surface area contributed by atoms with Gasteiger partial charge in [-0.25, -0.2) is 27.7 Å². The van der Waals surface area contributed by atoms with Crippen molar-refractivity contribution in [1.82, 2.24) is 40.0 Å². The maximum absolute atomic E-state index is 15.6. The Labute approximate surface area is 393 Å². The third kappa shape index (κ3) is 13.8. The van der Waals surface area contributed by atoms with Crippen molar-refractivity contribution in [2.45, 2.75) is 77.7 Å². The van der Waals surface area contributed by atoms with Gasteiger partial charge in [0, 0.05) is 52.9 Å². The zero-order chi connectivity index (χ0) is 49.2. The van der Waals surface area contributed by atoms with Crippen molar-refractivity contribution in [1.29, 1.82) is 0 Å². The molecule has 4 heterocycles. The molecule has 0 atom stereocenters. The van der Waals surface area contributed by atoms with Gasteiger partial charge in [0.05, 0.1) is 60.5 Å². The molecule has 0 saturated heterocycles. The summed E-state index contributed by atoms with van der Waals surface area (Å²) in [6.45, 7) is 15.4. The lowest BCUT2D eigenvalue weighted by atomic mass is 9.99. The summed E-state index contributed by atoms with van der Waals surface area (Å²) in [4.78, 5) is 52.3. The predicted octanol–water partition coefficient (Wildman–Crippen LogP) is 7.76. The quantitative estimate of drug-likeness (QED) is 0.0401. The Balaban J connectivity index is 1.13. The zero-order valence-electron chi connectivity index (χ0n) is 39.2. The summed E-state index contributed by atoms with van der Waals surface area (Å²) >= 11 is 0. The van der Waals surface area contributed by atoms with Crippen molar-refractivity contribution < 1.29 is 46.9 Å². The Morgan fingerprint density at radius 1 is 0.588 bits per heavy atom. The van der Waals surface area contributed by atoms with Crippen LogP contribution in [-0.4, -0.2) is 107 Å². The molecule has 0 spiro atoms. The topological polar surface area (TPSA) is 216 Å². The van der Waals surface area contributed by atoms with Gasteiger partial charge in [-0.2, -0.15) is 10.2 Å². The minimum Gasteiger partial charge on any atom is -0.465 e. The minimum atomic E-state index is -1.24. The summed E-state index contributed by atoms with van der Waals surface area (Å²) in [5.74, 6) is -5.05. The highest BCUT2D eigenvalue weighted by atomic mass is 28.3. The lowest BCUT2D eigenvalue weighted by Crippen LogP contribution is -2.22. The standard InChI is InChI=1S/C46H54F2N10O8Si2/c1-63-45(61)33-21-35(47)29(19-41(33)51-43(59)39-13-11-37(53-55-39)31-23-49-57(25-31)27-65-15-17-67(3,4)5)9-10-30-20-42(34(22-36(30)48)46(62)64-2)52-44(60)40-14-12-38(54-56-40)32-24-50-58(26-32)28-66-16-18-68(6,7)8/h11-14,19-26H,9-10,15-18,27-28H2,1-8H3,(H,51,59)(H,52,60). The summed E-state index contributed by atoms with van der Waals surface area (Å²) in [7, 11) is -0.260. The Morgan fingerprint density at radius 2 is 0.985 bits per heavy atom. The largest absolute Gasteiger partial charge is 0.465 e. The number of aryl methyl sites for hydroxylation is 2. The molecule has 18 nitrogen and oxygen atoms in total. The van der Waals surface area contributed by atoms with E-state index in [1.54, 1.807) is 46.3 Å². The van der Waals surface area contributed by atoms with Crippen LogP contribution < -0.4 is 10.6 Å². The van der Waals surface area contributed by atoms with Crippen molar-refractivity contribution >= 4 is 51.3 Å². The van der Waals surface area contributed by atoms with E-state index in [-0.39, 0.29) is 71.3 Å². The number of hydrogen-bond donors (Lipinski definition) is 2. The van der Waals surface area contributed by atoms with Crippen LogP contribution in [0.2, 0.25) is 51.4 Å². The molecule has 2 amide bonds. The SMILES string of the molecule is COC(=O)c1cc(F)c(CCc2cc(NC(=O)c3ccc(-c4cnn(COCC[Si](C)(C)C)c4)nn3)c(C(=O)OC)cc2F)cc1NC(=O)c1ccc(-c2cnn(COCC[Si](C)(C)C)c2)nn1. The molecule has 6 aromatic rings. The first-order chi connectivity index (χ1) is 32.3. The van der Waals surface area contributed by atoms with Gasteiger partial charge < -0.3 is 29.6 Å². The molecule has 0 radical (unpaired) electrons. The molecule has 0 fully saturated rings. The number of ether oxygens (including phenoxy) is 4. The monoisotopic (exact) mass is 968 g/mol. The van der Waals surface area contributed by atoms with Crippen LogP contribution in [0.5, 0.6) is 0 Å². The summed E-state index contributed by atoms with van der Waals surface area (Å²) in [6.07, 6.45) is 6.39. The number of esters is 2. The molecular formula is C46H54F2N10O8Si2. The second-order valence-electron chi connectivity index (χ2n) is 18.2. The molecule has 2 aromatic carbocycles. The van der Waals surface area contributed by atoms with Crippen LogP contribution in [0, 0.1) is 11.6 Å². The van der Waals surface area contributed by atoms with Crippen LogP contribution in [-0.2, 0) is 45.3 Å². The van der Waals surface area contributed by atoms with E-state index in [0.717, 1.165) is 38.4 Å². The summed E-state index contributed by atoms with van der Waals surface area (Å²) < 4.78 is 55.7. The van der Waals surface area contributed by atoms with Gasteiger partial charge in [0.25, 0.3) is 11.8 Å². The second-order valence-corrected chi connectivity index (χ2v) is 29.5. The molecule has 0 aliphatic heterocycles. The molecule has 0 bridgehead atoms. The van der Waals surface area contributed by atoms with E-state index in [1.807, 2.05) is 0 Å². The van der Waals surface area contributed by atoms with Crippen LogP contribution in [0.4, 0.5) is 20.2 Å². The zero-order valence-corrected chi connectivity index (χ0v) is 41.2. The number of amides is 2. The number of nitrogens with one attached hydrogen (secondary N) is 2. The van der Waals surface area contributed by atoms with Crippen molar-refractivity contribution in [3.05, 3.63) is 119 Å². The number of nitrogens with zero attached hydrogens (tertiary/aromatic N) is 8. The number of hydrogen-bond acceptors (Lipinski definition) is 14. The van der Waals surface area contributed by atoms with E-state index in [0.29, 0.717) is 35.7 Å². The molecule has 4 aromatic heterocycles. The Bertz CT molecular complexity index is 2570. The normalized spacial score (nSPS) is 11.6. The molecule has 0 aliphatic carbocycles. The maximum Gasteiger partial charge on any atom is 0.340 e. The highest BCUT2D eigenvalue weighted by molar-refractivity contribution is 6.76. The number of benzene rings is 2. The molecule has 0 saturated carbocycles. The molecule has 0 unspecified atom stereocenters. The average molecular weight is 969 g/mol. The van der Waals surface area contributed by atoms with E-state index in [2.05, 4.69) is 80.5 Å². The third-order valence-electron chi connectivity index (χ3n) is 10.4. The van der Waals surface area contributed by atoms with Crippen LogP contribution in [0.15, 0.2) is 73.3 Å². The minimum absolute atomic E-state index is 0.00615. The number of methoxy groups -OCH3 is 2. The highest BCUT2D eigenvalue weighted by Gasteiger charge is 2.23. The molecule has 0 aliphatic rings. The molecular weight excluding hydrogens is 915 g/mol. The van der Waals surface area contributed by atoms with Crippen molar-refractivity contribution in [3.8, 4) is 22.5 Å². The highest BCUT2D eigenvalue weighted by Crippen LogP contribution is 2.28. The molecule has 22 heteroatoms. The number of aromatic nitrogens is 8. The number of carbonyl (C=O) groups is 4. The second kappa shape index (κ2) is 22.3. The fourth-order valence-electron chi connectivity index (χ4n) is 6.45. The average Bonchev–Trinajstić information content (AvgIpc) is 3.99. The first-order valence-electron chi connectivity index (χ1n) is 21.6. The number of halogens is 2. The lowest BCUT2D eigenvalue weighted by Gasteiger charge is -2.15. The van der Waals surface area contributed by atoms with Gasteiger partial charge in [-0.05, 0) is 84.6 Å². The van der Waals surface area contributed by atoms with E-state index >= 15 is 8.78 Å². The molecule has 68 heavy (non-hydrogen) atoms. The fraction of sp³-hybridized carbons (Fsp3) is 0.348. The van der Waals surface area contributed by atoms with Crippen LogP contribution >= 0.6 is 0 Å². The smallest absolute Gasteiger partial charge is 0.340 e. The van der Waals surface area contributed by atoms with E-state index < -0.39 is 51.5 Å². The van der Waals surface area contributed by atoms with Gasteiger partial charge in [-0.3, -0.25) is 9.59 Å².